The fraction of sp³-hybridized carbons (Fsp3) is 0.292. The van der Waals surface area contributed by atoms with Gasteiger partial charge in [0.15, 0.2) is 5.13 Å². The Morgan fingerprint density at radius 1 is 1.29 bits per heavy atom. The largest absolute Gasteiger partial charge is 0.493 e. The lowest BCUT2D eigenvalue weighted by molar-refractivity contribution is -0.136. The van der Waals surface area contributed by atoms with E-state index in [2.05, 4.69) is 11.0 Å². The maximum absolute atomic E-state index is 11.8. The van der Waals surface area contributed by atoms with Crippen molar-refractivity contribution in [3.05, 3.63) is 47.2 Å². The molecule has 6 nitrogen and oxygen atoms in total. The van der Waals surface area contributed by atoms with Crippen LogP contribution in [0.25, 0.3) is 32.2 Å². The van der Waals surface area contributed by atoms with Gasteiger partial charge in [0.1, 0.15) is 5.75 Å². The highest BCUT2D eigenvalue weighted by atomic mass is 32.1. The normalized spacial score (nSPS) is 15.2. The predicted octanol–water partition coefficient (Wildman–Crippen LogP) is 4.59. The Kier molecular flexibility index (Phi) is 4.14. The summed E-state index contributed by atoms with van der Waals surface area (Å²) in [5.74, 6) is 0.0116. The molecule has 2 aromatic carbocycles. The van der Waals surface area contributed by atoms with Gasteiger partial charge in [0.05, 0.1) is 28.8 Å². The molecule has 0 bridgehead atoms. The summed E-state index contributed by atoms with van der Waals surface area (Å²) >= 11 is 1.65. The molecule has 2 aliphatic heterocycles. The van der Waals surface area contributed by atoms with Gasteiger partial charge in [0, 0.05) is 42.2 Å². The van der Waals surface area contributed by atoms with Gasteiger partial charge in [0.25, 0.3) is 0 Å². The zero-order chi connectivity index (χ0) is 21.1. The van der Waals surface area contributed by atoms with E-state index in [9.17, 15) is 9.90 Å². The number of carboxylic acid groups (broad SMARTS) is 1. The first-order valence-electron chi connectivity index (χ1n) is 10.5. The van der Waals surface area contributed by atoms with E-state index in [1.54, 1.807) is 11.3 Å². The van der Waals surface area contributed by atoms with Crippen LogP contribution in [-0.2, 0) is 17.6 Å². The van der Waals surface area contributed by atoms with E-state index in [4.69, 9.17) is 14.7 Å². The van der Waals surface area contributed by atoms with Crippen molar-refractivity contribution < 1.29 is 14.6 Å². The number of nitrogens with zero attached hydrogens (tertiary/aromatic N) is 3. The number of pyridine rings is 1. The molecule has 0 spiro atoms. The van der Waals surface area contributed by atoms with E-state index in [1.807, 2.05) is 31.3 Å². The molecule has 2 aromatic heterocycles. The third-order valence-corrected chi connectivity index (χ3v) is 7.44. The van der Waals surface area contributed by atoms with Crippen LogP contribution in [0.4, 0.5) is 5.13 Å². The quantitative estimate of drug-likeness (QED) is 0.509. The molecule has 1 N–H and O–H groups in total. The fourth-order valence-corrected chi connectivity index (χ4v) is 5.82. The number of carboxylic acids is 1. The standard InChI is InChI=1S/C24H21N3O3S/c1-13-11-17-23(31-24(26-17)27-8-2-9-27)21(16(13)12-19(28)29)15-3-4-18-20-14(6-10-30-18)5-7-25-22(15)20/h3-5,7,11H,2,6,8-10,12H2,1H3,(H,28,29). The third kappa shape index (κ3) is 2.87. The van der Waals surface area contributed by atoms with Crippen LogP contribution in [0.15, 0.2) is 30.5 Å². The van der Waals surface area contributed by atoms with Gasteiger partial charge in [-0.3, -0.25) is 9.78 Å². The van der Waals surface area contributed by atoms with Crippen LogP contribution >= 0.6 is 11.3 Å². The average molecular weight is 432 g/mol. The number of anilines is 1. The van der Waals surface area contributed by atoms with E-state index in [-0.39, 0.29) is 6.42 Å². The minimum atomic E-state index is -0.838. The molecule has 0 saturated carbocycles. The summed E-state index contributed by atoms with van der Waals surface area (Å²) in [5, 5.41) is 11.7. The molecule has 0 aliphatic carbocycles. The zero-order valence-electron chi connectivity index (χ0n) is 17.1. The SMILES string of the molecule is Cc1cc2nc(N3CCC3)sc2c(-c2ccc3c4c(ccnc24)CCO3)c1CC(=O)O. The summed E-state index contributed by atoms with van der Waals surface area (Å²) in [6.07, 6.45) is 3.84. The predicted molar refractivity (Wildman–Crippen MR) is 122 cm³/mol. The van der Waals surface area contributed by atoms with Gasteiger partial charge in [-0.2, -0.15) is 0 Å². The van der Waals surface area contributed by atoms with E-state index >= 15 is 0 Å². The van der Waals surface area contributed by atoms with Crippen LogP contribution in [0.2, 0.25) is 0 Å². The van der Waals surface area contributed by atoms with Crippen LogP contribution in [0.3, 0.4) is 0 Å². The number of ether oxygens (including phenoxy) is 1. The molecule has 1 saturated heterocycles. The third-order valence-electron chi connectivity index (χ3n) is 6.29. The number of benzene rings is 2. The number of aliphatic carboxylic acids is 1. The molecule has 0 atom stereocenters. The second-order valence-corrected chi connectivity index (χ2v) is 9.18. The monoisotopic (exact) mass is 431 g/mol. The molecular weight excluding hydrogens is 410 g/mol. The molecule has 0 unspecified atom stereocenters. The van der Waals surface area contributed by atoms with Crippen molar-refractivity contribution in [3.63, 3.8) is 0 Å². The number of aryl methyl sites for hydroxylation is 1. The lowest BCUT2D eigenvalue weighted by Crippen LogP contribution is -2.36. The summed E-state index contributed by atoms with van der Waals surface area (Å²) in [7, 11) is 0. The second kappa shape index (κ2) is 6.92. The summed E-state index contributed by atoms with van der Waals surface area (Å²) in [6.45, 7) is 4.69. The van der Waals surface area contributed by atoms with Gasteiger partial charge in [-0.25, -0.2) is 4.98 Å². The van der Waals surface area contributed by atoms with Crippen molar-refractivity contribution >= 4 is 43.6 Å². The van der Waals surface area contributed by atoms with Gasteiger partial charge in [-0.1, -0.05) is 11.3 Å². The minimum Gasteiger partial charge on any atom is -0.493 e. The summed E-state index contributed by atoms with van der Waals surface area (Å²) in [4.78, 5) is 23.7. The molecule has 4 heterocycles. The Hall–Kier alpha value is -3.19. The van der Waals surface area contributed by atoms with E-state index in [0.717, 1.165) is 73.8 Å². The minimum absolute atomic E-state index is 0.0342. The van der Waals surface area contributed by atoms with Gasteiger partial charge in [-0.05, 0) is 54.3 Å². The molecule has 4 aromatic rings. The number of aromatic nitrogens is 2. The maximum atomic E-state index is 11.8. The van der Waals surface area contributed by atoms with Crippen LogP contribution in [0, 0.1) is 6.92 Å². The van der Waals surface area contributed by atoms with E-state index in [0.29, 0.717) is 6.61 Å². The van der Waals surface area contributed by atoms with Crippen molar-refractivity contribution in [3.8, 4) is 16.9 Å². The number of rotatable bonds is 4. The summed E-state index contributed by atoms with van der Waals surface area (Å²) in [5.41, 5.74) is 6.69. The van der Waals surface area contributed by atoms with Gasteiger partial charge < -0.3 is 14.7 Å². The van der Waals surface area contributed by atoms with Crippen molar-refractivity contribution in [1.82, 2.24) is 9.97 Å². The Bertz CT molecular complexity index is 1360. The van der Waals surface area contributed by atoms with Crippen LogP contribution in [0.5, 0.6) is 5.75 Å². The smallest absolute Gasteiger partial charge is 0.307 e. The number of fused-ring (bicyclic) bond motifs is 1. The highest BCUT2D eigenvalue weighted by Crippen LogP contribution is 2.45. The van der Waals surface area contributed by atoms with Crippen molar-refractivity contribution in [1.29, 1.82) is 0 Å². The summed E-state index contributed by atoms with van der Waals surface area (Å²) < 4.78 is 6.93. The van der Waals surface area contributed by atoms with Crippen LogP contribution in [-0.4, -0.2) is 40.7 Å². The number of hydrogen-bond acceptors (Lipinski definition) is 6. The number of thiazole rings is 1. The molecule has 1 fully saturated rings. The molecular formula is C24H21N3O3S. The molecule has 7 heteroatoms. The molecule has 0 radical (unpaired) electrons. The van der Waals surface area contributed by atoms with E-state index < -0.39 is 5.97 Å². The highest BCUT2D eigenvalue weighted by molar-refractivity contribution is 7.22. The molecule has 6 rings (SSSR count). The van der Waals surface area contributed by atoms with Crippen LogP contribution in [0.1, 0.15) is 23.1 Å². The lowest BCUT2D eigenvalue weighted by atomic mass is 9.90. The molecule has 156 valence electrons. The second-order valence-electron chi connectivity index (χ2n) is 8.21. The van der Waals surface area contributed by atoms with Crippen LogP contribution < -0.4 is 9.64 Å². The fourth-order valence-electron chi connectivity index (χ4n) is 4.63. The Labute approximate surface area is 183 Å². The van der Waals surface area contributed by atoms with Crippen molar-refractivity contribution in [2.24, 2.45) is 0 Å². The summed E-state index contributed by atoms with van der Waals surface area (Å²) in [6, 6.07) is 8.11. The zero-order valence-corrected chi connectivity index (χ0v) is 18.0. The Balaban J connectivity index is 1.69. The van der Waals surface area contributed by atoms with Gasteiger partial charge in [0.2, 0.25) is 0 Å². The molecule has 31 heavy (non-hydrogen) atoms. The first-order chi connectivity index (χ1) is 15.1. The number of carbonyl (C=O) groups is 1. The highest BCUT2D eigenvalue weighted by Gasteiger charge is 2.25. The average Bonchev–Trinajstić information content (AvgIpc) is 3.10. The Morgan fingerprint density at radius 3 is 2.94 bits per heavy atom. The van der Waals surface area contributed by atoms with Crippen molar-refractivity contribution in [2.45, 2.75) is 26.2 Å². The first kappa shape index (κ1) is 18.6. The van der Waals surface area contributed by atoms with Gasteiger partial charge >= 0.3 is 5.97 Å². The number of hydrogen-bond donors (Lipinski definition) is 1. The lowest BCUT2D eigenvalue weighted by Gasteiger charge is -2.30. The topological polar surface area (TPSA) is 75.5 Å². The maximum Gasteiger partial charge on any atom is 0.307 e. The molecule has 2 aliphatic rings. The Morgan fingerprint density at radius 2 is 2.16 bits per heavy atom. The van der Waals surface area contributed by atoms with Crippen molar-refractivity contribution in [2.75, 3.05) is 24.6 Å². The van der Waals surface area contributed by atoms with E-state index in [1.165, 1.54) is 12.0 Å². The first-order valence-corrected chi connectivity index (χ1v) is 11.4. The molecule has 0 amide bonds. The van der Waals surface area contributed by atoms with Gasteiger partial charge in [-0.15, -0.1) is 0 Å².